The third kappa shape index (κ3) is 2.56. The minimum Gasteiger partial charge on any atom is -0.381 e. The second-order valence-electron chi connectivity index (χ2n) is 6.65. The van der Waals surface area contributed by atoms with Crippen molar-refractivity contribution in [2.45, 2.75) is 20.4 Å². The van der Waals surface area contributed by atoms with E-state index in [2.05, 4.69) is 29.7 Å². The van der Waals surface area contributed by atoms with E-state index in [1.165, 1.54) is 0 Å². The van der Waals surface area contributed by atoms with Crippen LogP contribution in [0.15, 0.2) is 43.0 Å². The number of aryl methyl sites for hydroxylation is 2. The van der Waals surface area contributed by atoms with Crippen molar-refractivity contribution < 1.29 is 0 Å². The molecular formula is C19H17N9. The first kappa shape index (κ1) is 16.3. The topological polar surface area (TPSA) is 113 Å². The first-order chi connectivity index (χ1) is 13.6. The Morgan fingerprint density at radius 1 is 1.11 bits per heavy atom. The minimum atomic E-state index is 0.312. The molecule has 0 fully saturated rings. The average molecular weight is 371 g/mol. The monoisotopic (exact) mass is 371 g/mol. The fraction of sp³-hybridized carbons (Fsp3) is 0.158. The lowest BCUT2D eigenvalue weighted by Gasteiger charge is -2.10. The lowest BCUT2D eigenvalue weighted by atomic mass is 10.2. The van der Waals surface area contributed by atoms with E-state index in [4.69, 9.17) is 10.7 Å². The van der Waals surface area contributed by atoms with Crippen LogP contribution in [0.4, 0.5) is 5.82 Å². The third-order valence-electron chi connectivity index (χ3n) is 4.65. The van der Waals surface area contributed by atoms with Crippen LogP contribution < -0.4 is 5.73 Å². The van der Waals surface area contributed by atoms with Crippen LogP contribution in [0, 0.1) is 13.8 Å². The highest BCUT2D eigenvalue weighted by Crippen LogP contribution is 2.26. The highest BCUT2D eigenvalue weighted by Gasteiger charge is 2.18. The Labute approximate surface area is 159 Å². The number of pyridine rings is 2. The molecule has 5 rings (SSSR count). The quantitative estimate of drug-likeness (QED) is 0.517. The van der Waals surface area contributed by atoms with E-state index in [9.17, 15) is 0 Å². The standard InChI is InChI=1S/C19H17N9/c1-11-6-16-14(8-22-11)24-18(28(16)9-13-4-3-5-21-7-13)15-10-27-12(2)25-26-19(27)17(20)23-15/h3-8,10H,9H2,1-2H3,(H2,20,23). The van der Waals surface area contributed by atoms with E-state index < -0.39 is 0 Å². The van der Waals surface area contributed by atoms with Gasteiger partial charge in [0.2, 0.25) is 5.65 Å². The predicted molar refractivity (Wildman–Crippen MR) is 105 cm³/mol. The SMILES string of the molecule is Cc1cc2c(cn1)nc(-c1cn3c(C)nnc3c(N)n1)n2Cc1cccnc1. The number of imidazole rings is 1. The van der Waals surface area contributed by atoms with Crippen LogP contribution in [0.5, 0.6) is 0 Å². The highest BCUT2D eigenvalue weighted by molar-refractivity contribution is 5.80. The number of aromatic nitrogens is 8. The van der Waals surface area contributed by atoms with Gasteiger partial charge in [0.25, 0.3) is 0 Å². The van der Waals surface area contributed by atoms with Crippen LogP contribution >= 0.6 is 0 Å². The number of anilines is 1. The van der Waals surface area contributed by atoms with Crippen molar-refractivity contribution in [2.75, 3.05) is 5.73 Å². The second-order valence-corrected chi connectivity index (χ2v) is 6.65. The minimum absolute atomic E-state index is 0.312. The molecule has 0 saturated carbocycles. The Morgan fingerprint density at radius 2 is 2.00 bits per heavy atom. The molecule has 0 spiro atoms. The Kier molecular flexibility index (Phi) is 3.54. The van der Waals surface area contributed by atoms with E-state index in [-0.39, 0.29) is 0 Å². The van der Waals surface area contributed by atoms with Crippen LogP contribution in [0.2, 0.25) is 0 Å². The maximum absolute atomic E-state index is 6.13. The Hall–Kier alpha value is -3.88. The van der Waals surface area contributed by atoms with Gasteiger partial charge < -0.3 is 10.3 Å². The van der Waals surface area contributed by atoms with Gasteiger partial charge in [0.15, 0.2) is 11.6 Å². The summed E-state index contributed by atoms with van der Waals surface area (Å²) in [7, 11) is 0. The molecule has 5 aromatic rings. The fourth-order valence-electron chi connectivity index (χ4n) is 3.30. The Bertz CT molecular complexity index is 1320. The summed E-state index contributed by atoms with van der Waals surface area (Å²) in [5, 5.41) is 8.16. The van der Waals surface area contributed by atoms with Crippen molar-refractivity contribution >= 4 is 22.5 Å². The van der Waals surface area contributed by atoms with Crippen molar-refractivity contribution in [1.29, 1.82) is 0 Å². The smallest absolute Gasteiger partial charge is 0.203 e. The van der Waals surface area contributed by atoms with E-state index in [0.717, 1.165) is 28.1 Å². The molecule has 9 heteroatoms. The number of hydrogen-bond donors (Lipinski definition) is 1. The van der Waals surface area contributed by atoms with Gasteiger partial charge in [-0.05, 0) is 31.5 Å². The number of nitrogens with zero attached hydrogens (tertiary/aromatic N) is 8. The molecule has 138 valence electrons. The van der Waals surface area contributed by atoms with Gasteiger partial charge in [0.05, 0.1) is 18.3 Å². The molecule has 2 N–H and O–H groups in total. The normalized spacial score (nSPS) is 11.5. The third-order valence-corrected chi connectivity index (χ3v) is 4.65. The number of nitrogen functional groups attached to an aromatic ring is 1. The van der Waals surface area contributed by atoms with Gasteiger partial charge in [-0.3, -0.25) is 14.4 Å². The number of nitrogens with two attached hydrogens (primary N) is 1. The molecule has 0 aromatic carbocycles. The molecule has 0 radical (unpaired) electrons. The maximum atomic E-state index is 6.13. The number of hydrogen-bond acceptors (Lipinski definition) is 7. The molecule has 0 aliphatic rings. The summed E-state index contributed by atoms with van der Waals surface area (Å²) in [5.74, 6) is 1.75. The Morgan fingerprint density at radius 3 is 2.82 bits per heavy atom. The molecule has 0 unspecified atom stereocenters. The maximum Gasteiger partial charge on any atom is 0.203 e. The highest BCUT2D eigenvalue weighted by atomic mass is 15.3. The molecule has 0 aliphatic carbocycles. The first-order valence-corrected chi connectivity index (χ1v) is 8.80. The lowest BCUT2D eigenvalue weighted by Crippen LogP contribution is -2.06. The van der Waals surface area contributed by atoms with Gasteiger partial charge in [-0.25, -0.2) is 9.97 Å². The average Bonchev–Trinajstić information content (AvgIpc) is 3.24. The van der Waals surface area contributed by atoms with Gasteiger partial charge in [0, 0.05) is 24.3 Å². The van der Waals surface area contributed by atoms with E-state index in [0.29, 0.717) is 29.5 Å². The molecule has 0 atom stereocenters. The van der Waals surface area contributed by atoms with Crippen molar-refractivity contribution in [3.63, 3.8) is 0 Å². The molecule has 5 aromatic heterocycles. The summed E-state index contributed by atoms with van der Waals surface area (Å²) in [5.41, 5.74) is 11.1. The van der Waals surface area contributed by atoms with Gasteiger partial charge in [-0.15, -0.1) is 10.2 Å². The molecule has 0 saturated heterocycles. The van der Waals surface area contributed by atoms with Gasteiger partial charge >= 0.3 is 0 Å². The Balaban J connectivity index is 1.77. The zero-order valence-electron chi connectivity index (χ0n) is 15.4. The summed E-state index contributed by atoms with van der Waals surface area (Å²) in [6.45, 7) is 4.43. The van der Waals surface area contributed by atoms with Crippen LogP contribution in [-0.2, 0) is 6.54 Å². The van der Waals surface area contributed by atoms with E-state index in [1.54, 1.807) is 12.4 Å². The van der Waals surface area contributed by atoms with Crippen LogP contribution in [0.25, 0.3) is 28.2 Å². The molecule has 5 heterocycles. The predicted octanol–water partition coefficient (Wildman–Crippen LogP) is 2.18. The van der Waals surface area contributed by atoms with E-state index in [1.807, 2.05) is 48.8 Å². The van der Waals surface area contributed by atoms with Crippen molar-refractivity contribution in [2.24, 2.45) is 0 Å². The van der Waals surface area contributed by atoms with E-state index >= 15 is 0 Å². The van der Waals surface area contributed by atoms with Crippen molar-refractivity contribution in [3.8, 4) is 11.5 Å². The van der Waals surface area contributed by atoms with Crippen molar-refractivity contribution in [3.05, 3.63) is 60.1 Å². The van der Waals surface area contributed by atoms with Gasteiger partial charge in [-0.2, -0.15) is 0 Å². The van der Waals surface area contributed by atoms with Crippen LogP contribution in [-0.4, -0.2) is 39.1 Å². The lowest BCUT2D eigenvalue weighted by molar-refractivity contribution is 0.823. The van der Waals surface area contributed by atoms with Crippen LogP contribution in [0.3, 0.4) is 0 Å². The van der Waals surface area contributed by atoms with Crippen LogP contribution in [0.1, 0.15) is 17.1 Å². The zero-order chi connectivity index (χ0) is 19.3. The van der Waals surface area contributed by atoms with Gasteiger partial charge in [0.1, 0.15) is 17.0 Å². The largest absolute Gasteiger partial charge is 0.381 e. The van der Waals surface area contributed by atoms with Gasteiger partial charge in [-0.1, -0.05) is 6.07 Å². The van der Waals surface area contributed by atoms with Crippen molar-refractivity contribution in [1.82, 2.24) is 39.1 Å². The zero-order valence-corrected chi connectivity index (χ0v) is 15.4. The molecule has 0 amide bonds. The summed E-state index contributed by atoms with van der Waals surface area (Å²) in [6.07, 6.45) is 7.25. The fourth-order valence-corrected chi connectivity index (χ4v) is 3.30. The number of fused-ring (bicyclic) bond motifs is 2. The molecule has 0 aliphatic heterocycles. The summed E-state index contributed by atoms with van der Waals surface area (Å²) >= 11 is 0. The first-order valence-electron chi connectivity index (χ1n) is 8.80. The number of rotatable bonds is 3. The molecule has 28 heavy (non-hydrogen) atoms. The second kappa shape index (κ2) is 6.08. The summed E-state index contributed by atoms with van der Waals surface area (Å²) in [4.78, 5) is 17.9. The molecule has 0 bridgehead atoms. The molecular weight excluding hydrogens is 354 g/mol. The summed E-state index contributed by atoms with van der Waals surface area (Å²) in [6, 6.07) is 5.98. The molecule has 9 nitrogen and oxygen atoms in total. The summed E-state index contributed by atoms with van der Waals surface area (Å²) < 4.78 is 3.93.